The number of nitrogens with zero attached hydrogens (tertiary/aromatic N) is 1. The summed E-state index contributed by atoms with van der Waals surface area (Å²) in [5, 5.41) is 0. The lowest BCUT2D eigenvalue weighted by molar-refractivity contribution is -0.00518. The van der Waals surface area contributed by atoms with E-state index in [1.54, 1.807) is 5.56 Å². The third kappa shape index (κ3) is 5.29. The second kappa shape index (κ2) is 13.7. The Hall–Kier alpha value is -6.44. The summed E-state index contributed by atoms with van der Waals surface area (Å²) in [4.78, 5) is 2.63. The molecule has 16 rings (SSSR count). The van der Waals surface area contributed by atoms with Crippen molar-refractivity contribution < 1.29 is 0 Å². The van der Waals surface area contributed by atoms with Crippen molar-refractivity contribution in [1.29, 1.82) is 0 Å². The minimum Gasteiger partial charge on any atom is -0.310 e. The van der Waals surface area contributed by atoms with Crippen LogP contribution in [-0.2, 0) is 27.1 Å². The summed E-state index contributed by atoms with van der Waals surface area (Å²) in [6.45, 7) is 16.7. The van der Waals surface area contributed by atoms with E-state index >= 15 is 0 Å². The lowest BCUT2D eigenvalue weighted by atomic mass is 9.48. The van der Waals surface area contributed by atoms with E-state index in [1.807, 2.05) is 0 Å². The molecular weight excluding hydrogens is 843 g/mol. The quantitative estimate of drug-likeness (QED) is 0.171. The van der Waals surface area contributed by atoms with Gasteiger partial charge in [0, 0.05) is 11.1 Å². The van der Waals surface area contributed by atoms with Crippen LogP contribution in [0, 0.1) is 17.8 Å². The Bertz CT molecular complexity index is 3470. The van der Waals surface area contributed by atoms with Crippen LogP contribution in [-0.4, -0.2) is 0 Å². The number of benzene rings is 8. The second-order valence-electron chi connectivity index (χ2n) is 25.3. The first-order valence-corrected chi connectivity index (χ1v) is 26.6. The van der Waals surface area contributed by atoms with Crippen LogP contribution in [0.25, 0.3) is 44.5 Å². The van der Waals surface area contributed by atoms with Gasteiger partial charge in [0.25, 0.3) is 0 Å². The smallest absolute Gasteiger partial charge is 0.0726 e. The Labute approximate surface area is 415 Å². The van der Waals surface area contributed by atoms with Gasteiger partial charge in [-0.3, -0.25) is 0 Å². The van der Waals surface area contributed by atoms with Crippen molar-refractivity contribution in [1.82, 2.24) is 0 Å². The molecule has 0 N–H and O–H groups in total. The second-order valence-corrected chi connectivity index (χ2v) is 25.3. The minimum absolute atomic E-state index is 0.00484. The van der Waals surface area contributed by atoms with Crippen LogP contribution in [0.15, 0.2) is 164 Å². The van der Waals surface area contributed by atoms with E-state index in [0.717, 1.165) is 17.8 Å². The molecule has 8 aromatic rings. The average molecular weight is 906 g/mol. The van der Waals surface area contributed by atoms with Crippen molar-refractivity contribution in [3.63, 3.8) is 0 Å². The molecule has 70 heavy (non-hydrogen) atoms. The predicted octanol–water partition coefficient (Wildman–Crippen LogP) is 17.9. The summed E-state index contributed by atoms with van der Waals surface area (Å²) < 4.78 is 0. The van der Waals surface area contributed by atoms with Gasteiger partial charge in [-0.15, -0.1) is 0 Å². The van der Waals surface area contributed by atoms with E-state index in [2.05, 4.69) is 217 Å². The standard InChI is InChI=1S/C69H63N/c1-65(2,3)47-24-27-52-53-28-25-48(66(4,5)6)36-59(53)69(58(52)35-47)57-17-11-9-13-50(57)54-29-26-49(37-60(54)69)70-62-30-21-45(44-19-22-46(23-20-44)68-38-41-31-42(39-68)33-43(32-41)40-68)34-61(62)67(7)56-16-10-8-14-51(56)55-15-12-18-63(70)64(55)67/h8-30,34-37,41-43H,31-33,38-40H2,1-7H3. The molecule has 4 fully saturated rings. The van der Waals surface area contributed by atoms with Gasteiger partial charge in [0.2, 0.25) is 0 Å². The first kappa shape index (κ1) is 41.4. The highest BCUT2D eigenvalue weighted by Gasteiger charge is 2.55. The molecule has 1 spiro atoms. The molecular formula is C69H63N. The molecule has 1 nitrogen and oxygen atoms in total. The monoisotopic (exact) mass is 905 g/mol. The van der Waals surface area contributed by atoms with E-state index in [4.69, 9.17) is 0 Å². The summed E-state index contributed by atoms with van der Waals surface area (Å²) in [5.41, 5.74) is 28.2. The fraction of sp³-hybridized carbons (Fsp3) is 0.304. The number of anilines is 3. The zero-order valence-electron chi connectivity index (χ0n) is 42.0. The molecule has 0 amide bonds. The Balaban J connectivity index is 0.944. The number of hydrogen-bond acceptors (Lipinski definition) is 1. The molecule has 8 aromatic carbocycles. The normalized spacial score (nSPS) is 24.2. The maximum absolute atomic E-state index is 2.63. The van der Waals surface area contributed by atoms with Gasteiger partial charge >= 0.3 is 0 Å². The van der Waals surface area contributed by atoms with Crippen molar-refractivity contribution in [2.24, 2.45) is 17.8 Å². The van der Waals surface area contributed by atoms with Crippen molar-refractivity contribution in [2.75, 3.05) is 4.90 Å². The van der Waals surface area contributed by atoms with Crippen molar-refractivity contribution >= 4 is 17.1 Å². The molecule has 1 heteroatoms. The fourth-order valence-electron chi connectivity index (χ4n) is 16.5. The molecule has 0 aromatic heterocycles. The summed E-state index contributed by atoms with van der Waals surface area (Å²) in [6.07, 6.45) is 8.64. The molecule has 1 atom stereocenters. The molecule has 344 valence electrons. The Morgan fingerprint density at radius 3 is 1.54 bits per heavy atom. The molecule has 4 saturated carbocycles. The van der Waals surface area contributed by atoms with Gasteiger partial charge in [-0.2, -0.15) is 0 Å². The maximum atomic E-state index is 2.63. The number of rotatable bonds is 3. The van der Waals surface area contributed by atoms with Crippen LogP contribution in [0.4, 0.5) is 17.1 Å². The van der Waals surface area contributed by atoms with E-state index in [9.17, 15) is 0 Å². The SMILES string of the molecule is CC(C)(C)c1ccc2c(c1)C1(c3ccccc3-c3ccc(N4c5ccc(-c6ccc(C78CC9CC(CC(C9)C7)C8)cc6)cc5C5(C)c6ccccc6-c6cccc4c65)cc31)c1cc(C(C)(C)C)ccc1-2. The zero-order valence-corrected chi connectivity index (χ0v) is 42.0. The van der Waals surface area contributed by atoms with Crippen LogP contribution in [0.1, 0.15) is 143 Å². The minimum atomic E-state index is -0.483. The molecule has 1 aliphatic heterocycles. The highest BCUT2D eigenvalue weighted by atomic mass is 15.2. The first-order valence-electron chi connectivity index (χ1n) is 26.6. The summed E-state index contributed by atoms with van der Waals surface area (Å²) >= 11 is 0. The molecule has 1 unspecified atom stereocenters. The van der Waals surface area contributed by atoms with Crippen molar-refractivity contribution in [2.45, 2.75) is 114 Å². The van der Waals surface area contributed by atoms with Gasteiger partial charge < -0.3 is 4.90 Å². The van der Waals surface area contributed by atoms with Gasteiger partial charge in [-0.25, -0.2) is 0 Å². The molecule has 8 aliphatic rings. The van der Waals surface area contributed by atoms with E-state index in [1.165, 1.54) is 150 Å². The zero-order chi connectivity index (χ0) is 47.3. The first-order chi connectivity index (χ1) is 33.7. The molecule has 4 bridgehead atoms. The highest BCUT2D eigenvalue weighted by molar-refractivity contribution is 6.00. The predicted molar refractivity (Wildman–Crippen MR) is 291 cm³/mol. The van der Waals surface area contributed by atoms with Crippen LogP contribution >= 0.6 is 0 Å². The molecule has 0 saturated heterocycles. The summed E-state index contributed by atoms with van der Waals surface area (Å²) in [5.74, 6) is 2.82. The van der Waals surface area contributed by atoms with Crippen LogP contribution in [0.3, 0.4) is 0 Å². The highest BCUT2D eigenvalue weighted by Crippen LogP contribution is 2.67. The van der Waals surface area contributed by atoms with Crippen LogP contribution < -0.4 is 4.90 Å². The number of hydrogen-bond donors (Lipinski definition) is 0. The van der Waals surface area contributed by atoms with Crippen molar-refractivity contribution in [3.05, 3.63) is 219 Å². The van der Waals surface area contributed by atoms with Crippen molar-refractivity contribution in [3.8, 4) is 44.5 Å². The van der Waals surface area contributed by atoms with E-state index in [-0.39, 0.29) is 16.2 Å². The fourth-order valence-corrected chi connectivity index (χ4v) is 16.5. The molecule has 7 aliphatic carbocycles. The Morgan fingerprint density at radius 2 is 0.929 bits per heavy atom. The van der Waals surface area contributed by atoms with Crippen LogP contribution in [0.2, 0.25) is 0 Å². The Kier molecular flexibility index (Phi) is 8.09. The van der Waals surface area contributed by atoms with Gasteiger partial charge in [-0.05, 0) is 210 Å². The van der Waals surface area contributed by atoms with Gasteiger partial charge in [-0.1, -0.05) is 175 Å². The van der Waals surface area contributed by atoms with Gasteiger partial charge in [0.1, 0.15) is 0 Å². The lowest BCUT2D eigenvalue weighted by Gasteiger charge is -2.57. The third-order valence-electron chi connectivity index (χ3n) is 19.3. The topological polar surface area (TPSA) is 3.24 Å². The summed E-state index contributed by atoms with van der Waals surface area (Å²) in [7, 11) is 0. The van der Waals surface area contributed by atoms with Gasteiger partial charge in [0.15, 0.2) is 0 Å². The van der Waals surface area contributed by atoms with E-state index in [0.29, 0.717) is 5.41 Å². The average Bonchev–Trinajstić information content (AvgIpc) is 3.93. The molecule has 1 heterocycles. The van der Waals surface area contributed by atoms with E-state index < -0.39 is 5.41 Å². The number of fused-ring (bicyclic) bond motifs is 15. The summed E-state index contributed by atoms with van der Waals surface area (Å²) in [6, 6.07) is 65.3. The lowest BCUT2D eigenvalue weighted by Crippen LogP contribution is -2.48. The van der Waals surface area contributed by atoms with Gasteiger partial charge in [0.05, 0.1) is 16.8 Å². The molecule has 0 radical (unpaired) electrons. The van der Waals surface area contributed by atoms with Crippen LogP contribution in [0.5, 0.6) is 0 Å². The maximum Gasteiger partial charge on any atom is 0.0726 e. The Morgan fingerprint density at radius 1 is 0.414 bits per heavy atom. The third-order valence-corrected chi connectivity index (χ3v) is 19.3. The largest absolute Gasteiger partial charge is 0.310 e.